The van der Waals surface area contributed by atoms with Gasteiger partial charge in [-0.25, -0.2) is 9.37 Å². The summed E-state index contributed by atoms with van der Waals surface area (Å²) in [6.07, 6.45) is 0.794. The highest BCUT2D eigenvalue weighted by Crippen LogP contribution is 2.29. The molecule has 0 radical (unpaired) electrons. The maximum Gasteiger partial charge on any atom is 0.152 e. The lowest BCUT2D eigenvalue weighted by Crippen LogP contribution is -2.31. The largest absolute Gasteiger partial charge is 0.377 e. The Morgan fingerprint density at radius 1 is 1.53 bits per heavy atom. The number of halogens is 2. The zero-order valence-corrected chi connectivity index (χ0v) is 11.0. The first kappa shape index (κ1) is 11.2. The Balaban J connectivity index is 2.28. The maximum absolute atomic E-state index is 13.8. The van der Waals surface area contributed by atoms with E-state index in [-0.39, 0.29) is 5.82 Å². The summed E-state index contributed by atoms with van der Waals surface area (Å²) in [4.78, 5) is 4.39. The van der Waals surface area contributed by atoms with Crippen LogP contribution in [0.1, 0.15) is 18.8 Å². The number of ether oxygens (including phenoxy) is 1. The number of aryl methyl sites for hydroxylation is 1. The molecule has 17 heavy (non-hydrogen) atoms. The second-order valence-corrected chi connectivity index (χ2v) is 5.11. The van der Waals surface area contributed by atoms with Gasteiger partial charge in [-0.05, 0) is 12.1 Å². The third-order valence-corrected chi connectivity index (χ3v) is 3.55. The fourth-order valence-electron chi connectivity index (χ4n) is 2.20. The topological polar surface area (TPSA) is 27.1 Å². The number of fused-ring (bicyclic) bond motifs is 1. The summed E-state index contributed by atoms with van der Waals surface area (Å²) in [6, 6.07) is 3.67. The van der Waals surface area contributed by atoms with Crippen molar-refractivity contribution in [1.29, 1.82) is 0 Å². The molecule has 0 bridgehead atoms. The van der Waals surface area contributed by atoms with Crippen molar-refractivity contribution in [1.82, 2.24) is 9.55 Å². The normalized spacial score (nSPS) is 16.4. The maximum atomic E-state index is 13.8. The standard InChI is InChI=1S/C12H12BrFN2O/c1-2-11-15-12-9(14)3-7(13)4-10(12)16(11)8-5-17-6-8/h3-4,8H,2,5-6H2,1H3. The second-order valence-electron chi connectivity index (χ2n) is 4.20. The molecule has 0 saturated carbocycles. The predicted molar refractivity (Wildman–Crippen MR) is 66.6 cm³/mol. The average molecular weight is 299 g/mol. The van der Waals surface area contributed by atoms with Crippen molar-refractivity contribution in [2.24, 2.45) is 0 Å². The molecule has 3 nitrogen and oxygen atoms in total. The fraction of sp³-hybridized carbons (Fsp3) is 0.417. The summed E-state index contributed by atoms with van der Waals surface area (Å²) >= 11 is 3.33. The van der Waals surface area contributed by atoms with E-state index in [1.165, 1.54) is 6.07 Å². The van der Waals surface area contributed by atoms with Gasteiger partial charge in [0.2, 0.25) is 0 Å². The molecule has 1 fully saturated rings. The molecule has 0 atom stereocenters. The SMILES string of the molecule is CCc1nc2c(F)cc(Br)cc2n1C1COC1. The summed E-state index contributed by atoms with van der Waals surface area (Å²) in [5.41, 5.74) is 1.30. The van der Waals surface area contributed by atoms with E-state index in [0.717, 1.165) is 22.2 Å². The fourth-order valence-corrected chi connectivity index (χ4v) is 2.62. The minimum Gasteiger partial charge on any atom is -0.377 e. The minimum absolute atomic E-state index is 0.275. The Bertz CT molecular complexity index is 577. The Hall–Kier alpha value is -0.940. The van der Waals surface area contributed by atoms with Crippen LogP contribution >= 0.6 is 15.9 Å². The van der Waals surface area contributed by atoms with E-state index in [1.54, 1.807) is 0 Å². The molecule has 5 heteroatoms. The molecule has 0 amide bonds. The zero-order valence-electron chi connectivity index (χ0n) is 9.41. The van der Waals surface area contributed by atoms with Crippen LogP contribution in [-0.4, -0.2) is 22.8 Å². The highest BCUT2D eigenvalue weighted by atomic mass is 79.9. The molecule has 0 aliphatic carbocycles. The molecule has 1 aliphatic heterocycles. The molecule has 0 spiro atoms. The van der Waals surface area contributed by atoms with Gasteiger partial charge in [0.15, 0.2) is 5.82 Å². The Kier molecular flexibility index (Phi) is 2.67. The first-order chi connectivity index (χ1) is 8.20. The van der Waals surface area contributed by atoms with Gasteiger partial charge in [0.25, 0.3) is 0 Å². The van der Waals surface area contributed by atoms with Gasteiger partial charge in [-0.15, -0.1) is 0 Å². The third kappa shape index (κ3) is 1.68. The summed E-state index contributed by atoms with van der Waals surface area (Å²) < 4.78 is 21.9. The molecule has 1 aromatic heterocycles. The minimum atomic E-state index is -0.275. The van der Waals surface area contributed by atoms with E-state index in [4.69, 9.17) is 4.74 Å². The number of hydrogen-bond acceptors (Lipinski definition) is 2. The Morgan fingerprint density at radius 2 is 2.29 bits per heavy atom. The number of benzene rings is 1. The van der Waals surface area contributed by atoms with E-state index in [9.17, 15) is 4.39 Å². The lowest BCUT2D eigenvalue weighted by Gasteiger charge is -2.29. The number of rotatable bonds is 2. The Morgan fingerprint density at radius 3 is 2.88 bits per heavy atom. The van der Waals surface area contributed by atoms with Gasteiger partial charge in [-0.1, -0.05) is 22.9 Å². The summed E-state index contributed by atoms with van der Waals surface area (Å²) in [7, 11) is 0. The van der Waals surface area contributed by atoms with Crippen LogP contribution in [0.3, 0.4) is 0 Å². The van der Waals surface area contributed by atoms with Gasteiger partial charge in [0.1, 0.15) is 11.3 Å². The van der Waals surface area contributed by atoms with Crippen LogP contribution in [0.15, 0.2) is 16.6 Å². The van der Waals surface area contributed by atoms with Crippen molar-refractivity contribution in [3.05, 3.63) is 28.2 Å². The lowest BCUT2D eigenvalue weighted by molar-refractivity contribution is -0.0226. The van der Waals surface area contributed by atoms with Crippen LogP contribution in [0.4, 0.5) is 4.39 Å². The van der Waals surface area contributed by atoms with Crippen LogP contribution < -0.4 is 0 Å². The van der Waals surface area contributed by atoms with E-state index in [0.29, 0.717) is 24.8 Å². The first-order valence-corrected chi connectivity index (χ1v) is 6.43. The molecule has 90 valence electrons. The van der Waals surface area contributed by atoms with E-state index in [2.05, 4.69) is 25.5 Å². The molecule has 2 heterocycles. The van der Waals surface area contributed by atoms with Gasteiger partial charge in [0, 0.05) is 10.9 Å². The Labute approximate surface area is 107 Å². The van der Waals surface area contributed by atoms with E-state index in [1.807, 2.05) is 13.0 Å². The zero-order chi connectivity index (χ0) is 12.0. The molecule has 0 N–H and O–H groups in total. The van der Waals surface area contributed by atoms with E-state index >= 15 is 0 Å². The van der Waals surface area contributed by atoms with Gasteiger partial charge < -0.3 is 9.30 Å². The quantitative estimate of drug-likeness (QED) is 0.852. The van der Waals surface area contributed by atoms with Gasteiger partial charge >= 0.3 is 0 Å². The summed E-state index contributed by atoms with van der Waals surface area (Å²) in [5.74, 6) is 0.647. The average Bonchev–Trinajstić information content (AvgIpc) is 2.55. The molecule has 1 saturated heterocycles. The molecular formula is C12H12BrFN2O. The van der Waals surface area contributed by atoms with Crippen molar-refractivity contribution in [2.45, 2.75) is 19.4 Å². The molecule has 2 aromatic rings. The monoisotopic (exact) mass is 298 g/mol. The van der Waals surface area contributed by atoms with Gasteiger partial charge in [-0.2, -0.15) is 0 Å². The summed E-state index contributed by atoms with van der Waals surface area (Å²) in [5, 5.41) is 0. The number of imidazole rings is 1. The number of nitrogens with zero attached hydrogens (tertiary/aromatic N) is 2. The van der Waals surface area contributed by atoms with E-state index < -0.39 is 0 Å². The predicted octanol–water partition coefficient (Wildman–Crippen LogP) is 3.07. The van der Waals surface area contributed by atoms with Crippen molar-refractivity contribution >= 4 is 27.0 Å². The van der Waals surface area contributed by atoms with Gasteiger partial charge in [-0.3, -0.25) is 0 Å². The van der Waals surface area contributed by atoms with Crippen molar-refractivity contribution in [3.63, 3.8) is 0 Å². The van der Waals surface area contributed by atoms with Crippen LogP contribution in [0, 0.1) is 5.82 Å². The first-order valence-electron chi connectivity index (χ1n) is 5.64. The second kappa shape index (κ2) is 4.07. The van der Waals surface area contributed by atoms with Crippen LogP contribution in [0.2, 0.25) is 0 Å². The van der Waals surface area contributed by atoms with Crippen molar-refractivity contribution in [2.75, 3.05) is 13.2 Å². The third-order valence-electron chi connectivity index (χ3n) is 3.09. The van der Waals surface area contributed by atoms with Gasteiger partial charge in [0.05, 0.1) is 24.8 Å². The van der Waals surface area contributed by atoms with Crippen molar-refractivity contribution in [3.8, 4) is 0 Å². The molecule has 1 aromatic carbocycles. The molecule has 0 unspecified atom stereocenters. The smallest absolute Gasteiger partial charge is 0.152 e. The van der Waals surface area contributed by atoms with Crippen LogP contribution in [0.5, 0.6) is 0 Å². The molecule has 1 aliphatic rings. The van der Waals surface area contributed by atoms with Crippen molar-refractivity contribution < 1.29 is 9.13 Å². The molecule has 3 rings (SSSR count). The molecular weight excluding hydrogens is 287 g/mol. The number of aromatic nitrogens is 2. The highest BCUT2D eigenvalue weighted by Gasteiger charge is 2.26. The number of hydrogen-bond donors (Lipinski definition) is 0. The van der Waals surface area contributed by atoms with Crippen LogP contribution in [0.25, 0.3) is 11.0 Å². The lowest BCUT2D eigenvalue weighted by atomic mass is 10.2. The summed E-state index contributed by atoms with van der Waals surface area (Å²) in [6.45, 7) is 3.41. The highest BCUT2D eigenvalue weighted by molar-refractivity contribution is 9.10. The van der Waals surface area contributed by atoms with Crippen LogP contribution in [-0.2, 0) is 11.2 Å².